The highest BCUT2D eigenvalue weighted by Crippen LogP contribution is 2.41. The third-order valence-corrected chi connectivity index (χ3v) is 8.47. The van der Waals surface area contributed by atoms with E-state index >= 15 is 0 Å². The number of rotatable bonds is 4. The van der Waals surface area contributed by atoms with Crippen LogP contribution in [0.2, 0.25) is 0 Å². The topological polar surface area (TPSA) is 128 Å². The first kappa shape index (κ1) is 27.6. The maximum Gasteiger partial charge on any atom is 0.417 e. The molecule has 1 saturated heterocycles. The molecule has 15 heteroatoms. The number of nitriles is 1. The van der Waals surface area contributed by atoms with Crippen LogP contribution < -0.4 is 5.32 Å². The quantitative estimate of drug-likeness (QED) is 0.443. The van der Waals surface area contributed by atoms with Crippen molar-refractivity contribution < 1.29 is 49.5 Å². The van der Waals surface area contributed by atoms with Crippen LogP contribution in [0, 0.1) is 23.1 Å². The highest BCUT2D eigenvalue weighted by atomic mass is 32.2. The Morgan fingerprint density at radius 1 is 1.17 bits per heavy atom. The fourth-order valence-corrected chi connectivity index (χ4v) is 6.15. The van der Waals surface area contributed by atoms with Gasteiger partial charge < -0.3 is 15.3 Å². The van der Waals surface area contributed by atoms with Crippen molar-refractivity contribution in [2.75, 3.05) is 13.1 Å². The molecule has 2 amide bonds. The molecule has 2 atom stereocenters. The lowest BCUT2D eigenvalue weighted by atomic mass is 10.0. The van der Waals surface area contributed by atoms with Gasteiger partial charge in [0.15, 0.2) is 9.84 Å². The molecule has 4 rings (SSSR count). The molecule has 0 bridgehead atoms. The van der Waals surface area contributed by atoms with Crippen molar-refractivity contribution in [1.82, 2.24) is 10.2 Å². The number of sulfone groups is 1. The molecule has 2 saturated carbocycles. The molecule has 0 aromatic heterocycles. The molecule has 0 unspecified atom stereocenters. The molecule has 2 aliphatic carbocycles. The first-order valence-corrected chi connectivity index (χ1v) is 12.2. The Morgan fingerprint density at radius 3 is 2.22 bits per heavy atom. The molecule has 1 aromatic rings. The van der Waals surface area contributed by atoms with Crippen molar-refractivity contribution >= 4 is 21.8 Å². The van der Waals surface area contributed by atoms with Gasteiger partial charge in [0.2, 0.25) is 5.91 Å². The van der Waals surface area contributed by atoms with E-state index in [0.29, 0.717) is 25.0 Å². The first-order valence-electron chi connectivity index (χ1n) is 10.7. The summed E-state index contributed by atoms with van der Waals surface area (Å²) in [5, 5.41) is 17.4. The summed E-state index contributed by atoms with van der Waals surface area (Å²) >= 11 is 0. The van der Waals surface area contributed by atoms with Crippen molar-refractivity contribution in [3.8, 4) is 6.07 Å². The van der Waals surface area contributed by atoms with Gasteiger partial charge in [-0.2, -0.15) is 18.4 Å². The Morgan fingerprint density at radius 2 is 1.78 bits per heavy atom. The Hall–Kier alpha value is -3.02. The van der Waals surface area contributed by atoms with Gasteiger partial charge in [-0.25, -0.2) is 26.4 Å². The van der Waals surface area contributed by atoms with Gasteiger partial charge in [-0.3, -0.25) is 4.79 Å². The van der Waals surface area contributed by atoms with Gasteiger partial charge in [0.1, 0.15) is 11.4 Å². The second-order valence-corrected chi connectivity index (χ2v) is 11.2. The molecule has 2 N–H and O–H groups in total. The summed E-state index contributed by atoms with van der Waals surface area (Å²) in [7, 11) is -4.48. The Labute approximate surface area is 201 Å². The second kappa shape index (κ2) is 9.45. The summed E-state index contributed by atoms with van der Waals surface area (Å²) in [5.74, 6) is -5.64. The number of amides is 2. The summed E-state index contributed by atoms with van der Waals surface area (Å²) in [4.78, 5) is 22.0. The molecule has 0 radical (unpaired) electrons. The van der Waals surface area contributed by atoms with Crippen molar-refractivity contribution in [2.24, 2.45) is 5.92 Å². The van der Waals surface area contributed by atoms with Gasteiger partial charge in [0, 0.05) is 5.92 Å². The minimum Gasteiger partial charge on any atom is -0.465 e. The summed E-state index contributed by atoms with van der Waals surface area (Å²) in [6.07, 6.45) is -5.13. The van der Waals surface area contributed by atoms with E-state index in [1.165, 1.54) is 0 Å². The van der Waals surface area contributed by atoms with Crippen LogP contribution in [0.25, 0.3) is 0 Å². The summed E-state index contributed by atoms with van der Waals surface area (Å²) in [5.41, 5.74) is -2.33. The zero-order valence-electron chi connectivity index (χ0n) is 18.5. The Bertz CT molecular complexity index is 1190. The molecule has 3 aliphatic rings. The van der Waals surface area contributed by atoms with E-state index < -0.39 is 80.0 Å². The molecule has 36 heavy (non-hydrogen) atoms. The van der Waals surface area contributed by atoms with Crippen LogP contribution in [0.15, 0.2) is 23.1 Å². The van der Waals surface area contributed by atoms with Gasteiger partial charge in [0.05, 0.1) is 34.9 Å². The minimum absolute atomic E-state index is 0.0718. The van der Waals surface area contributed by atoms with Crippen molar-refractivity contribution in [3.63, 3.8) is 0 Å². The molecule has 3 fully saturated rings. The molecular formula is C21H21F6N3O5S. The fraction of sp³-hybridized carbons (Fsp3) is 0.571. The number of carbonyl (C=O) groups is 2. The van der Waals surface area contributed by atoms with E-state index in [4.69, 9.17) is 10.4 Å². The van der Waals surface area contributed by atoms with Crippen LogP contribution in [0.1, 0.15) is 37.7 Å². The Kier molecular flexibility index (Phi) is 7.24. The summed E-state index contributed by atoms with van der Waals surface area (Å²) in [6.45, 7) is -1.48. The van der Waals surface area contributed by atoms with Crippen LogP contribution in [0.4, 0.5) is 31.1 Å². The van der Waals surface area contributed by atoms with Gasteiger partial charge in [-0.1, -0.05) is 0 Å². The third-order valence-electron chi connectivity index (χ3n) is 6.19. The van der Waals surface area contributed by atoms with Crippen LogP contribution in [0.3, 0.4) is 0 Å². The van der Waals surface area contributed by atoms with Crippen LogP contribution in [-0.2, 0) is 20.8 Å². The largest absolute Gasteiger partial charge is 0.465 e. The molecular weight excluding hydrogens is 520 g/mol. The molecule has 0 spiro atoms. The fourth-order valence-electron chi connectivity index (χ4n) is 4.12. The predicted octanol–water partition coefficient (Wildman–Crippen LogP) is 3.57. The first-order chi connectivity index (χ1) is 16.5. The normalized spacial score (nSPS) is 24.0. The molecule has 1 aromatic carbocycles. The van der Waals surface area contributed by atoms with E-state index in [9.17, 15) is 44.3 Å². The van der Waals surface area contributed by atoms with Gasteiger partial charge in [-0.05, 0) is 50.3 Å². The van der Waals surface area contributed by atoms with E-state index in [1.807, 2.05) is 6.07 Å². The van der Waals surface area contributed by atoms with Crippen LogP contribution in [0.5, 0.6) is 0 Å². The lowest BCUT2D eigenvalue weighted by molar-refractivity contribution is -0.169. The maximum atomic E-state index is 13.2. The average molecular weight is 541 g/mol. The van der Waals surface area contributed by atoms with E-state index in [1.54, 1.807) is 0 Å². The Balaban J connectivity index is 0.000000338. The predicted molar refractivity (Wildman–Crippen MR) is 110 cm³/mol. The molecule has 1 heterocycles. The van der Waals surface area contributed by atoms with E-state index in [-0.39, 0.29) is 25.3 Å². The van der Waals surface area contributed by atoms with Crippen LogP contribution in [-0.4, -0.2) is 60.2 Å². The number of likely N-dealkylation sites (tertiary alicyclic amines) is 1. The molecule has 8 nitrogen and oxygen atoms in total. The van der Waals surface area contributed by atoms with E-state index in [2.05, 4.69) is 5.32 Å². The number of benzene rings is 1. The summed E-state index contributed by atoms with van der Waals surface area (Å²) in [6, 6.07) is 3.20. The highest BCUT2D eigenvalue weighted by Gasteiger charge is 2.50. The number of carboxylic acid groups (broad SMARTS) is 1. The number of nitrogens with one attached hydrogen (secondary N) is 1. The number of nitrogens with zero attached hydrogens (tertiary/aromatic N) is 2. The second-order valence-electron chi connectivity index (χ2n) is 8.99. The molecule has 198 valence electrons. The van der Waals surface area contributed by atoms with Gasteiger partial charge in [-0.15, -0.1) is 0 Å². The van der Waals surface area contributed by atoms with Gasteiger partial charge in [0.25, 0.3) is 5.92 Å². The highest BCUT2D eigenvalue weighted by molar-refractivity contribution is 7.92. The third kappa shape index (κ3) is 6.03. The monoisotopic (exact) mass is 541 g/mol. The lowest BCUT2D eigenvalue weighted by Crippen LogP contribution is -2.59. The standard InChI is InChI=1S/C16H15F6NO3S.C5H6N2O2/c17-10-2-4-13(12(6-10)16(20,21)22)27(25,26)11-3-1-9(5-11)14(24)23-7-15(18,19)8-23;6-3-5(1-2-5)7-4(8)9/h2,4,6,9,11H,1,3,5,7-8H2;7H,1-2H2,(H,8,9)/t9-,11-;/m1./s1. The summed E-state index contributed by atoms with van der Waals surface area (Å²) < 4.78 is 104. The van der Waals surface area contributed by atoms with Crippen molar-refractivity contribution in [3.05, 3.63) is 29.6 Å². The zero-order chi connectivity index (χ0) is 27.1. The number of carbonyl (C=O) groups excluding carboxylic acids is 1. The van der Waals surface area contributed by atoms with Gasteiger partial charge >= 0.3 is 12.3 Å². The number of halogens is 6. The molecule has 1 aliphatic heterocycles. The number of hydrogen-bond acceptors (Lipinski definition) is 5. The van der Waals surface area contributed by atoms with Crippen LogP contribution >= 0.6 is 0 Å². The number of alkyl halides is 5. The zero-order valence-corrected chi connectivity index (χ0v) is 19.3. The lowest BCUT2D eigenvalue weighted by Gasteiger charge is -2.40. The van der Waals surface area contributed by atoms with Crippen molar-refractivity contribution in [1.29, 1.82) is 5.26 Å². The smallest absolute Gasteiger partial charge is 0.417 e. The number of hydrogen-bond donors (Lipinski definition) is 2. The van der Waals surface area contributed by atoms with E-state index in [0.717, 1.165) is 4.90 Å². The minimum atomic E-state index is -5.07. The van der Waals surface area contributed by atoms with Crippen molar-refractivity contribution in [2.45, 2.75) is 59.9 Å². The maximum absolute atomic E-state index is 13.2. The SMILES string of the molecule is N#CC1(NC(=O)O)CC1.O=C([C@@H]1CC[C@@H](S(=O)(=O)c2ccc(F)cc2C(F)(F)F)C1)N1CC(F)(F)C1. The average Bonchev–Trinajstić information content (AvgIpc) is 3.32.